The van der Waals surface area contributed by atoms with Crippen LogP contribution in [0, 0.1) is 17.0 Å². The van der Waals surface area contributed by atoms with E-state index in [0.717, 1.165) is 0 Å². The highest BCUT2D eigenvalue weighted by Gasteiger charge is 2.33. The molecule has 1 saturated heterocycles. The summed E-state index contributed by atoms with van der Waals surface area (Å²) in [6.07, 6.45) is -0.0348. The molecule has 22 heavy (non-hydrogen) atoms. The summed E-state index contributed by atoms with van der Waals surface area (Å²) in [6, 6.07) is 4.16. The van der Waals surface area contributed by atoms with Crippen LogP contribution in [0.5, 0.6) is 0 Å². The van der Waals surface area contributed by atoms with Gasteiger partial charge < -0.3 is 15.0 Å². The van der Waals surface area contributed by atoms with Crippen LogP contribution in [0.4, 0.5) is 16.2 Å². The summed E-state index contributed by atoms with van der Waals surface area (Å²) in [7, 11) is 0. The molecule has 0 unspecified atom stereocenters. The average Bonchev–Trinajstić information content (AvgIpc) is 2.38. The van der Waals surface area contributed by atoms with E-state index in [1.54, 1.807) is 17.9 Å². The van der Waals surface area contributed by atoms with Gasteiger partial charge in [0.2, 0.25) is 0 Å². The summed E-state index contributed by atoms with van der Waals surface area (Å²) >= 11 is 0. The van der Waals surface area contributed by atoms with Crippen molar-refractivity contribution in [2.24, 2.45) is 0 Å². The molecule has 0 aromatic heterocycles. The number of nitro benzene ring substituents is 1. The third-order valence-corrected chi connectivity index (χ3v) is 3.52. The maximum Gasteiger partial charge on any atom is 0.322 e. The Labute approximate surface area is 129 Å². The molecule has 7 heteroatoms. The van der Waals surface area contributed by atoms with Crippen LogP contribution in [-0.4, -0.2) is 40.6 Å². The van der Waals surface area contributed by atoms with E-state index in [1.807, 2.05) is 20.8 Å². The number of non-ortho nitro benzene ring substituents is 1. The maximum atomic E-state index is 12.4. The molecule has 2 rings (SSSR count). The minimum atomic E-state index is -0.454. The fraction of sp³-hybridized carbons (Fsp3) is 0.533. The van der Waals surface area contributed by atoms with E-state index in [0.29, 0.717) is 24.3 Å². The number of ether oxygens (including phenoxy) is 1. The van der Waals surface area contributed by atoms with Crippen molar-refractivity contribution >= 4 is 17.4 Å². The van der Waals surface area contributed by atoms with Crippen LogP contribution in [0.2, 0.25) is 0 Å². The molecule has 7 nitrogen and oxygen atoms in total. The molecule has 1 N–H and O–H groups in total. The van der Waals surface area contributed by atoms with Crippen molar-refractivity contribution in [3.8, 4) is 0 Å². The second-order valence-electron chi connectivity index (χ2n) is 6.26. The third kappa shape index (κ3) is 3.73. The minimum absolute atomic E-state index is 0.0108. The molecule has 1 fully saturated rings. The van der Waals surface area contributed by atoms with Crippen LogP contribution in [0.1, 0.15) is 26.3 Å². The standard InChI is InChI=1S/C15H21N3O4/c1-10-7-12(18(20)21)5-6-13(10)16-14(19)17-8-11(2)22-15(3,4)9-17/h5-7,11H,8-9H2,1-4H3,(H,16,19)/t11-/m1/s1. The minimum Gasteiger partial charge on any atom is -0.369 e. The SMILES string of the molecule is Cc1cc([N+](=O)[O-])ccc1NC(=O)N1C[C@@H](C)OC(C)(C)C1. The van der Waals surface area contributed by atoms with Gasteiger partial charge in [0.05, 0.1) is 23.2 Å². The second-order valence-corrected chi connectivity index (χ2v) is 6.26. The van der Waals surface area contributed by atoms with Gasteiger partial charge in [-0.3, -0.25) is 10.1 Å². The van der Waals surface area contributed by atoms with Crippen molar-refractivity contribution in [3.63, 3.8) is 0 Å². The van der Waals surface area contributed by atoms with Crippen molar-refractivity contribution < 1.29 is 14.5 Å². The predicted molar refractivity (Wildman–Crippen MR) is 83.1 cm³/mol. The molecule has 1 aromatic carbocycles. The van der Waals surface area contributed by atoms with Crippen LogP contribution >= 0.6 is 0 Å². The molecule has 0 aliphatic carbocycles. The van der Waals surface area contributed by atoms with Gasteiger partial charge in [0.25, 0.3) is 5.69 Å². The van der Waals surface area contributed by atoms with E-state index in [2.05, 4.69) is 5.32 Å². The number of nitro groups is 1. The number of amides is 2. The number of rotatable bonds is 2. The Hall–Kier alpha value is -2.15. The molecular formula is C15H21N3O4. The summed E-state index contributed by atoms with van der Waals surface area (Å²) in [5.41, 5.74) is 0.854. The van der Waals surface area contributed by atoms with Gasteiger partial charge >= 0.3 is 6.03 Å². The first-order valence-corrected chi connectivity index (χ1v) is 7.17. The van der Waals surface area contributed by atoms with Crippen LogP contribution in [0.25, 0.3) is 0 Å². The fourth-order valence-electron chi connectivity index (χ4n) is 2.70. The van der Waals surface area contributed by atoms with Gasteiger partial charge in [0.1, 0.15) is 0 Å². The van der Waals surface area contributed by atoms with Crippen molar-refractivity contribution in [2.75, 3.05) is 18.4 Å². The van der Waals surface area contributed by atoms with E-state index >= 15 is 0 Å². The van der Waals surface area contributed by atoms with Gasteiger partial charge in [-0.05, 0) is 39.3 Å². The number of nitrogens with zero attached hydrogens (tertiary/aromatic N) is 2. The van der Waals surface area contributed by atoms with E-state index in [1.165, 1.54) is 12.1 Å². The number of nitrogens with one attached hydrogen (secondary N) is 1. The predicted octanol–water partition coefficient (Wildman–Crippen LogP) is 2.93. The van der Waals surface area contributed by atoms with E-state index in [9.17, 15) is 14.9 Å². The zero-order chi connectivity index (χ0) is 16.5. The number of urea groups is 1. The Bertz CT molecular complexity index is 600. The van der Waals surface area contributed by atoms with E-state index in [-0.39, 0.29) is 23.4 Å². The number of morpholine rings is 1. The Kier molecular flexibility index (Phi) is 4.37. The van der Waals surface area contributed by atoms with Crippen LogP contribution in [0.3, 0.4) is 0 Å². The summed E-state index contributed by atoms with van der Waals surface area (Å²) < 4.78 is 5.77. The Morgan fingerprint density at radius 3 is 2.73 bits per heavy atom. The topological polar surface area (TPSA) is 84.7 Å². The van der Waals surface area contributed by atoms with Gasteiger partial charge in [0.15, 0.2) is 0 Å². The van der Waals surface area contributed by atoms with Gasteiger partial charge in [-0.1, -0.05) is 0 Å². The Morgan fingerprint density at radius 1 is 1.50 bits per heavy atom. The smallest absolute Gasteiger partial charge is 0.322 e. The summed E-state index contributed by atoms with van der Waals surface area (Å²) in [5.74, 6) is 0. The second kappa shape index (κ2) is 5.92. The average molecular weight is 307 g/mol. The molecule has 0 bridgehead atoms. The zero-order valence-corrected chi connectivity index (χ0v) is 13.3. The third-order valence-electron chi connectivity index (χ3n) is 3.52. The number of carbonyl (C=O) groups excluding carboxylic acids is 1. The Morgan fingerprint density at radius 2 is 2.18 bits per heavy atom. The van der Waals surface area contributed by atoms with Crippen molar-refractivity contribution in [1.29, 1.82) is 0 Å². The van der Waals surface area contributed by atoms with Crippen LogP contribution in [-0.2, 0) is 4.74 Å². The molecule has 1 aromatic rings. The molecule has 0 radical (unpaired) electrons. The molecule has 0 spiro atoms. The lowest BCUT2D eigenvalue weighted by molar-refractivity contribution is -0.384. The molecule has 1 aliphatic heterocycles. The summed E-state index contributed by atoms with van der Waals surface area (Å²) in [5, 5.41) is 13.6. The first-order chi connectivity index (χ1) is 10.2. The van der Waals surface area contributed by atoms with Gasteiger partial charge in [0, 0.05) is 24.4 Å². The first-order valence-electron chi connectivity index (χ1n) is 7.17. The summed E-state index contributed by atoms with van der Waals surface area (Å²) in [6.45, 7) is 8.56. The van der Waals surface area contributed by atoms with Crippen LogP contribution in [0.15, 0.2) is 18.2 Å². The monoisotopic (exact) mass is 307 g/mol. The van der Waals surface area contributed by atoms with E-state index < -0.39 is 4.92 Å². The molecule has 2 amide bonds. The van der Waals surface area contributed by atoms with Crippen LogP contribution < -0.4 is 5.32 Å². The van der Waals surface area contributed by atoms with Gasteiger partial charge in [-0.15, -0.1) is 0 Å². The quantitative estimate of drug-likeness (QED) is 0.672. The highest BCUT2D eigenvalue weighted by atomic mass is 16.6. The molecular weight excluding hydrogens is 286 g/mol. The highest BCUT2D eigenvalue weighted by Crippen LogP contribution is 2.24. The van der Waals surface area contributed by atoms with Crippen molar-refractivity contribution in [1.82, 2.24) is 4.90 Å². The molecule has 1 aliphatic rings. The Balaban J connectivity index is 2.10. The zero-order valence-electron chi connectivity index (χ0n) is 13.3. The van der Waals surface area contributed by atoms with Crippen molar-refractivity contribution in [3.05, 3.63) is 33.9 Å². The van der Waals surface area contributed by atoms with Crippen molar-refractivity contribution in [2.45, 2.75) is 39.4 Å². The number of anilines is 1. The maximum absolute atomic E-state index is 12.4. The van der Waals surface area contributed by atoms with E-state index in [4.69, 9.17) is 4.74 Å². The number of carbonyl (C=O) groups is 1. The molecule has 0 saturated carbocycles. The number of benzene rings is 1. The largest absolute Gasteiger partial charge is 0.369 e. The lowest BCUT2D eigenvalue weighted by Gasteiger charge is -2.41. The summed E-state index contributed by atoms with van der Waals surface area (Å²) in [4.78, 5) is 24.4. The molecule has 1 heterocycles. The highest BCUT2D eigenvalue weighted by molar-refractivity contribution is 5.90. The number of aryl methyl sites for hydroxylation is 1. The number of hydrogen-bond donors (Lipinski definition) is 1. The fourth-order valence-corrected chi connectivity index (χ4v) is 2.70. The number of hydrogen-bond acceptors (Lipinski definition) is 4. The lowest BCUT2D eigenvalue weighted by Crippen LogP contribution is -2.54. The molecule has 1 atom stereocenters. The lowest BCUT2D eigenvalue weighted by atomic mass is 10.1. The molecule has 120 valence electrons. The van der Waals surface area contributed by atoms with Gasteiger partial charge in [-0.25, -0.2) is 4.79 Å². The van der Waals surface area contributed by atoms with Gasteiger partial charge in [-0.2, -0.15) is 0 Å². The first kappa shape index (κ1) is 16.2. The normalized spacial score (nSPS) is 20.5.